The summed E-state index contributed by atoms with van der Waals surface area (Å²) in [6, 6.07) is 3.69. The van der Waals surface area contributed by atoms with Crippen molar-refractivity contribution in [2.75, 3.05) is 6.61 Å². The normalized spacial score (nSPS) is 29.4. The van der Waals surface area contributed by atoms with Crippen LogP contribution in [0.3, 0.4) is 0 Å². The zero-order valence-electron chi connectivity index (χ0n) is 13.5. The number of aliphatic carboxylic acids is 1. The lowest BCUT2D eigenvalue weighted by Crippen LogP contribution is -2.56. The van der Waals surface area contributed by atoms with Gasteiger partial charge in [-0.3, -0.25) is 4.79 Å². The van der Waals surface area contributed by atoms with Gasteiger partial charge in [0.2, 0.25) is 0 Å². The van der Waals surface area contributed by atoms with E-state index in [2.05, 4.69) is 11.9 Å². The van der Waals surface area contributed by atoms with Gasteiger partial charge in [-0.25, -0.2) is 9.59 Å². The lowest BCUT2D eigenvalue weighted by atomic mass is 9.90. The van der Waals surface area contributed by atoms with E-state index in [9.17, 15) is 19.5 Å². The molecule has 134 valence electrons. The van der Waals surface area contributed by atoms with Crippen LogP contribution in [0.15, 0.2) is 30.2 Å². The van der Waals surface area contributed by atoms with Crippen LogP contribution in [0.1, 0.15) is 17.7 Å². The average Bonchev–Trinajstić information content (AvgIpc) is 2.92. The van der Waals surface area contributed by atoms with E-state index < -0.39 is 35.4 Å². The Morgan fingerprint density at radius 3 is 2.84 bits per heavy atom. The lowest BCUT2D eigenvalue weighted by molar-refractivity contribution is -0.154. The fraction of sp³-hybridized carbons (Fsp3) is 0.471. The summed E-state index contributed by atoms with van der Waals surface area (Å²) >= 11 is 1.45. The number of esters is 1. The Morgan fingerprint density at radius 1 is 1.44 bits per heavy atom. The summed E-state index contributed by atoms with van der Waals surface area (Å²) in [4.78, 5) is 37.0. The highest BCUT2D eigenvalue weighted by atomic mass is 32.1. The van der Waals surface area contributed by atoms with Gasteiger partial charge in [-0.2, -0.15) is 0 Å². The number of thiophene rings is 1. The molecule has 25 heavy (non-hydrogen) atoms. The largest absolute Gasteiger partial charge is 0.481 e. The number of ether oxygens (including phenoxy) is 2. The first-order valence-electron chi connectivity index (χ1n) is 7.98. The van der Waals surface area contributed by atoms with E-state index in [1.54, 1.807) is 0 Å². The number of hydrogen-bond donors (Lipinski definition) is 2. The second-order valence-electron chi connectivity index (χ2n) is 6.23. The van der Waals surface area contributed by atoms with Crippen LogP contribution in [0.4, 0.5) is 4.79 Å². The maximum absolute atomic E-state index is 12.8. The molecule has 2 N–H and O–H groups in total. The average molecular weight is 365 g/mol. The van der Waals surface area contributed by atoms with Crippen molar-refractivity contribution in [1.29, 1.82) is 0 Å². The number of carbonyl (C=O) groups excluding carboxylic acids is 2. The van der Waals surface area contributed by atoms with Crippen LogP contribution in [0.2, 0.25) is 0 Å². The number of carbonyl (C=O) groups is 3. The Bertz CT molecular complexity index is 687. The van der Waals surface area contributed by atoms with Gasteiger partial charge >= 0.3 is 18.0 Å². The number of carboxylic acids is 1. The molecule has 0 bridgehead atoms. The van der Waals surface area contributed by atoms with E-state index in [4.69, 9.17) is 9.47 Å². The molecule has 8 heteroatoms. The first-order chi connectivity index (χ1) is 12.0. The topological polar surface area (TPSA) is 102 Å². The van der Waals surface area contributed by atoms with E-state index in [1.165, 1.54) is 17.4 Å². The SMILES string of the molecule is C=CCOC(=O)N[C@@]1(C(=O)OCc2cccs2)CC[C@H]2[C@H](C(=O)O)[C@H]21. The minimum Gasteiger partial charge on any atom is -0.481 e. The summed E-state index contributed by atoms with van der Waals surface area (Å²) in [6.07, 6.45) is 1.54. The molecule has 1 aromatic rings. The molecule has 2 aliphatic carbocycles. The van der Waals surface area contributed by atoms with Gasteiger partial charge in [0.25, 0.3) is 0 Å². The Balaban J connectivity index is 1.75. The zero-order chi connectivity index (χ0) is 18.0. The Kier molecular flexibility index (Phi) is 4.80. The maximum atomic E-state index is 12.8. The van der Waals surface area contributed by atoms with Gasteiger partial charge in [-0.1, -0.05) is 18.7 Å². The number of alkyl carbamates (subject to hydrolysis) is 1. The molecule has 0 spiro atoms. The molecule has 2 aliphatic rings. The van der Waals surface area contributed by atoms with Crippen molar-refractivity contribution in [2.24, 2.45) is 17.8 Å². The van der Waals surface area contributed by atoms with E-state index in [-0.39, 0.29) is 19.1 Å². The van der Waals surface area contributed by atoms with Crippen molar-refractivity contribution in [2.45, 2.75) is 25.0 Å². The summed E-state index contributed by atoms with van der Waals surface area (Å²) < 4.78 is 10.3. The van der Waals surface area contributed by atoms with Crippen LogP contribution >= 0.6 is 11.3 Å². The highest BCUT2D eigenvalue weighted by molar-refractivity contribution is 7.09. The molecule has 0 radical (unpaired) electrons. The van der Waals surface area contributed by atoms with Crippen LogP contribution in [0, 0.1) is 17.8 Å². The van der Waals surface area contributed by atoms with Gasteiger partial charge in [-0.15, -0.1) is 11.3 Å². The zero-order valence-corrected chi connectivity index (χ0v) is 14.3. The second kappa shape index (κ2) is 6.87. The molecule has 7 nitrogen and oxygen atoms in total. The predicted molar refractivity (Wildman–Crippen MR) is 88.9 cm³/mol. The van der Waals surface area contributed by atoms with Gasteiger partial charge in [0, 0.05) is 10.8 Å². The minimum atomic E-state index is -1.34. The first kappa shape index (κ1) is 17.5. The van der Waals surface area contributed by atoms with Crippen molar-refractivity contribution in [3.63, 3.8) is 0 Å². The van der Waals surface area contributed by atoms with Crippen LogP contribution in [0.5, 0.6) is 0 Å². The number of amides is 1. The highest BCUT2D eigenvalue weighted by Crippen LogP contribution is 2.62. The quantitative estimate of drug-likeness (QED) is 0.567. The standard InChI is InChI=1S/C17H19NO6S/c1-2-7-23-16(22)18-17(6-5-11-12(13(11)17)14(19)20)15(21)24-9-10-4-3-8-25-10/h2-4,8,11-13H,1,5-7,9H2,(H,18,22)(H,19,20)/t11-,12-,13-,17-/m0/s1. The van der Waals surface area contributed by atoms with Crippen LogP contribution in [-0.2, 0) is 25.7 Å². The first-order valence-corrected chi connectivity index (χ1v) is 8.86. The fourth-order valence-electron chi connectivity index (χ4n) is 3.75. The minimum absolute atomic E-state index is 0.00259. The molecule has 1 heterocycles. The van der Waals surface area contributed by atoms with Gasteiger partial charge in [0.1, 0.15) is 18.8 Å². The molecule has 1 aromatic heterocycles. The van der Waals surface area contributed by atoms with Crippen LogP contribution in [-0.4, -0.2) is 35.3 Å². The molecule has 2 saturated carbocycles. The third kappa shape index (κ3) is 3.26. The van der Waals surface area contributed by atoms with Crippen molar-refractivity contribution in [1.82, 2.24) is 5.32 Å². The Labute approximate surface area is 148 Å². The fourth-order valence-corrected chi connectivity index (χ4v) is 4.37. The van der Waals surface area contributed by atoms with Crippen molar-refractivity contribution in [3.05, 3.63) is 35.0 Å². The second-order valence-corrected chi connectivity index (χ2v) is 7.26. The van der Waals surface area contributed by atoms with Crippen molar-refractivity contribution >= 4 is 29.4 Å². The van der Waals surface area contributed by atoms with Crippen molar-refractivity contribution in [3.8, 4) is 0 Å². The molecule has 1 amide bonds. The lowest BCUT2D eigenvalue weighted by Gasteiger charge is -2.30. The molecule has 3 rings (SSSR count). The summed E-state index contributed by atoms with van der Waals surface area (Å²) in [7, 11) is 0. The predicted octanol–water partition coefficient (Wildman–Crippen LogP) is 2.18. The summed E-state index contributed by atoms with van der Waals surface area (Å²) in [5, 5.41) is 13.8. The molecule has 0 aromatic carbocycles. The molecule has 0 unspecified atom stereocenters. The molecule has 0 aliphatic heterocycles. The molecule has 2 fully saturated rings. The molecular formula is C17H19NO6S. The van der Waals surface area contributed by atoms with Gasteiger partial charge < -0.3 is 19.9 Å². The van der Waals surface area contributed by atoms with E-state index >= 15 is 0 Å². The maximum Gasteiger partial charge on any atom is 0.408 e. The monoisotopic (exact) mass is 365 g/mol. The third-order valence-electron chi connectivity index (χ3n) is 4.84. The Hall–Kier alpha value is -2.35. The summed E-state index contributed by atoms with van der Waals surface area (Å²) in [5.41, 5.74) is -1.34. The van der Waals surface area contributed by atoms with Crippen LogP contribution < -0.4 is 5.32 Å². The number of hydrogen-bond acceptors (Lipinski definition) is 6. The summed E-state index contributed by atoms with van der Waals surface area (Å²) in [5.74, 6) is -2.77. The Morgan fingerprint density at radius 2 is 2.24 bits per heavy atom. The smallest absolute Gasteiger partial charge is 0.408 e. The number of rotatable bonds is 7. The number of nitrogens with one attached hydrogen (secondary N) is 1. The van der Waals surface area contributed by atoms with E-state index in [0.717, 1.165) is 4.88 Å². The van der Waals surface area contributed by atoms with Crippen molar-refractivity contribution < 1.29 is 29.0 Å². The van der Waals surface area contributed by atoms with Gasteiger partial charge in [0.15, 0.2) is 0 Å². The molecule has 0 saturated heterocycles. The molecule has 4 atom stereocenters. The number of fused-ring (bicyclic) bond motifs is 1. The van der Waals surface area contributed by atoms with Gasteiger partial charge in [0.05, 0.1) is 5.92 Å². The van der Waals surface area contributed by atoms with Gasteiger partial charge in [-0.05, 0) is 30.2 Å². The molecular weight excluding hydrogens is 346 g/mol. The third-order valence-corrected chi connectivity index (χ3v) is 5.69. The van der Waals surface area contributed by atoms with Crippen LogP contribution in [0.25, 0.3) is 0 Å². The number of carboxylic acid groups (broad SMARTS) is 1. The van der Waals surface area contributed by atoms with E-state index in [0.29, 0.717) is 12.8 Å². The highest BCUT2D eigenvalue weighted by Gasteiger charge is 2.72. The van der Waals surface area contributed by atoms with E-state index in [1.807, 2.05) is 17.5 Å². The summed E-state index contributed by atoms with van der Waals surface area (Å²) in [6.45, 7) is 3.56.